The van der Waals surface area contributed by atoms with Crippen molar-refractivity contribution < 1.29 is 18.8 Å². The van der Waals surface area contributed by atoms with E-state index in [0.717, 1.165) is 17.0 Å². The van der Waals surface area contributed by atoms with Crippen molar-refractivity contribution in [2.75, 3.05) is 4.90 Å². The first kappa shape index (κ1) is 12.4. The second kappa shape index (κ2) is 4.33. The maximum atomic E-state index is 13.2. The first-order chi connectivity index (χ1) is 8.47. The third-order valence-corrected chi connectivity index (χ3v) is 3.08. The van der Waals surface area contributed by atoms with Gasteiger partial charge in [0.15, 0.2) is 5.78 Å². The Balaban J connectivity index is 2.51. The van der Waals surface area contributed by atoms with Crippen LogP contribution in [-0.2, 0) is 9.59 Å². The molecule has 0 N–H and O–H groups in total. The Labute approximate surface area is 103 Å². The van der Waals surface area contributed by atoms with E-state index in [0.29, 0.717) is 0 Å². The summed E-state index contributed by atoms with van der Waals surface area (Å²) in [5.74, 6) is -2.18. The van der Waals surface area contributed by atoms with Gasteiger partial charge in [0.25, 0.3) is 11.7 Å². The zero-order valence-corrected chi connectivity index (χ0v) is 10.1. The SMILES string of the molecule is CCC(=O)C(C)N1C(=O)C(=O)c2ccc(F)cc21. The molecule has 1 aromatic rings. The first-order valence-electron chi connectivity index (χ1n) is 5.67. The van der Waals surface area contributed by atoms with E-state index in [1.54, 1.807) is 6.92 Å². The van der Waals surface area contributed by atoms with Crippen LogP contribution >= 0.6 is 0 Å². The number of nitrogens with zero attached hydrogens (tertiary/aromatic N) is 1. The Morgan fingerprint density at radius 3 is 2.67 bits per heavy atom. The number of halogens is 1. The van der Waals surface area contributed by atoms with E-state index < -0.39 is 23.5 Å². The molecule has 1 heterocycles. The fourth-order valence-electron chi connectivity index (χ4n) is 2.05. The summed E-state index contributed by atoms with van der Waals surface area (Å²) < 4.78 is 13.2. The molecular weight excluding hydrogens is 237 g/mol. The molecule has 1 aliphatic rings. The molecule has 0 bridgehead atoms. The predicted molar refractivity (Wildman–Crippen MR) is 63.0 cm³/mol. The third kappa shape index (κ3) is 1.72. The number of carbonyl (C=O) groups is 3. The number of benzene rings is 1. The lowest BCUT2D eigenvalue weighted by molar-refractivity contribution is -0.122. The lowest BCUT2D eigenvalue weighted by Crippen LogP contribution is -2.42. The van der Waals surface area contributed by atoms with Crippen LogP contribution in [0.15, 0.2) is 18.2 Å². The van der Waals surface area contributed by atoms with Crippen molar-refractivity contribution in [2.45, 2.75) is 26.3 Å². The summed E-state index contributed by atoms with van der Waals surface area (Å²) in [5, 5.41) is 0. The molecule has 1 amide bonds. The maximum Gasteiger partial charge on any atom is 0.300 e. The summed E-state index contributed by atoms with van der Waals surface area (Å²) in [5.41, 5.74) is 0.330. The van der Waals surface area contributed by atoms with Crippen molar-refractivity contribution in [1.82, 2.24) is 0 Å². The van der Waals surface area contributed by atoms with E-state index in [9.17, 15) is 18.8 Å². The second-order valence-corrected chi connectivity index (χ2v) is 4.16. The number of hydrogen-bond acceptors (Lipinski definition) is 3. The number of fused-ring (bicyclic) bond motifs is 1. The van der Waals surface area contributed by atoms with Gasteiger partial charge < -0.3 is 0 Å². The molecule has 0 fully saturated rings. The van der Waals surface area contributed by atoms with E-state index in [4.69, 9.17) is 0 Å². The minimum atomic E-state index is -0.773. The molecule has 5 heteroatoms. The summed E-state index contributed by atoms with van der Waals surface area (Å²) in [6.45, 7) is 3.21. The van der Waals surface area contributed by atoms with Crippen molar-refractivity contribution >= 4 is 23.2 Å². The number of anilines is 1. The van der Waals surface area contributed by atoms with Crippen LogP contribution in [0.25, 0.3) is 0 Å². The van der Waals surface area contributed by atoms with Gasteiger partial charge in [-0.15, -0.1) is 0 Å². The number of ketones is 2. The Kier molecular flexibility index (Phi) is 2.98. The predicted octanol–water partition coefficient (Wildman–Crippen LogP) is 1.72. The van der Waals surface area contributed by atoms with Gasteiger partial charge in [-0.05, 0) is 25.1 Å². The van der Waals surface area contributed by atoms with Crippen molar-refractivity contribution in [3.8, 4) is 0 Å². The van der Waals surface area contributed by atoms with Gasteiger partial charge in [-0.1, -0.05) is 6.92 Å². The van der Waals surface area contributed by atoms with Crippen LogP contribution in [0.4, 0.5) is 10.1 Å². The molecule has 1 aromatic carbocycles. The molecular formula is C13H12FNO3. The zero-order valence-electron chi connectivity index (χ0n) is 10.1. The van der Waals surface area contributed by atoms with E-state index in [2.05, 4.69) is 0 Å². The van der Waals surface area contributed by atoms with Crippen LogP contribution in [0.1, 0.15) is 30.6 Å². The van der Waals surface area contributed by atoms with Gasteiger partial charge in [-0.2, -0.15) is 0 Å². The fraction of sp³-hybridized carbons (Fsp3) is 0.308. The molecule has 2 rings (SSSR count). The van der Waals surface area contributed by atoms with Gasteiger partial charge in [0.2, 0.25) is 0 Å². The van der Waals surface area contributed by atoms with Crippen LogP contribution in [-0.4, -0.2) is 23.5 Å². The van der Waals surface area contributed by atoms with Crippen LogP contribution < -0.4 is 4.90 Å². The maximum absolute atomic E-state index is 13.2. The van der Waals surface area contributed by atoms with E-state index in [1.807, 2.05) is 0 Å². The molecule has 0 saturated carbocycles. The highest BCUT2D eigenvalue weighted by atomic mass is 19.1. The molecule has 0 radical (unpaired) electrons. The quantitative estimate of drug-likeness (QED) is 0.766. The highest BCUT2D eigenvalue weighted by Gasteiger charge is 2.40. The standard InChI is InChI=1S/C13H12FNO3/c1-3-11(16)7(2)15-10-6-8(14)4-5-9(10)12(17)13(15)18/h4-7H,3H2,1-2H3. The molecule has 0 saturated heterocycles. The van der Waals surface area contributed by atoms with Gasteiger partial charge in [-0.25, -0.2) is 4.39 Å². The average Bonchev–Trinajstić information content (AvgIpc) is 2.60. The monoisotopic (exact) mass is 249 g/mol. The number of hydrogen-bond donors (Lipinski definition) is 0. The van der Waals surface area contributed by atoms with E-state index in [1.165, 1.54) is 13.0 Å². The molecule has 18 heavy (non-hydrogen) atoms. The summed E-state index contributed by atoms with van der Waals surface area (Å²) in [4.78, 5) is 36.3. The first-order valence-corrected chi connectivity index (χ1v) is 5.67. The van der Waals surface area contributed by atoms with Crippen LogP contribution in [0.2, 0.25) is 0 Å². The van der Waals surface area contributed by atoms with Crippen LogP contribution in [0, 0.1) is 5.82 Å². The average molecular weight is 249 g/mol. The highest BCUT2D eigenvalue weighted by Crippen LogP contribution is 2.31. The Bertz CT molecular complexity index is 553. The van der Waals surface area contributed by atoms with Gasteiger partial charge >= 0.3 is 0 Å². The van der Waals surface area contributed by atoms with E-state index in [-0.39, 0.29) is 23.5 Å². The number of Topliss-reactive ketones (excluding diaryl/α,β-unsaturated/α-hetero) is 2. The Morgan fingerprint density at radius 1 is 1.39 bits per heavy atom. The van der Waals surface area contributed by atoms with Crippen molar-refractivity contribution in [3.05, 3.63) is 29.6 Å². The number of amides is 1. The van der Waals surface area contributed by atoms with Crippen LogP contribution in [0.3, 0.4) is 0 Å². The molecule has 94 valence electrons. The highest BCUT2D eigenvalue weighted by molar-refractivity contribution is 6.52. The molecule has 0 spiro atoms. The lowest BCUT2D eigenvalue weighted by atomic mass is 10.1. The Morgan fingerprint density at radius 2 is 2.06 bits per heavy atom. The summed E-state index contributed by atoms with van der Waals surface area (Å²) >= 11 is 0. The zero-order chi connectivity index (χ0) is 13.4. The molecule has 1 atom stereocenters. The fourth-order valence-corrected chi connectivity index (χ4v) is 2.05. The molecule has 1 unspecified atom stereocenters. The Hall–Kier alpha value is -2.04. The van der Waals surface area contributed by atoms with Gasteiger partial charge in [-0.3, -0.25) is 19.3 Å². The number of rotatable bonds is 3. The lowest BCUT2D eigenvalue weighted by Gasteiger charge is -2.23. The number of carbonyl (C=O) groups excluding carboxylic acids is 3. The summed E-state index contributed by atoms with van der Waals surface area (Å²) in [6.07, 6.45) is 0.254. The summed E-state index contributed by atoms with van der Waals surface area (Å²) in [6, 6.07) is 2.75. The van der Waals surface area contributed by atoms with Crippen molar-refractivity contribution in [1.29, 1.82) is 0 Å². The van der Waals surface area contributed by atoms with Crippen LogP contribution in [0.5, 0.6) is 0 Å². The van der Waals surface area contributed by atoms with E-state index >= 15 is 0 Å². The molecule has 1 aliphatic heterocycles. The molecule has 0 aliphatic carbocycles. The second-order valence-electron chi connectivity index (χ2n) is 4.16. The minimum Gasteiger partial charge on any atom is -0.297 e. The van der Waals surface area contributed by atoms with Gasteiger partial charge in [0.1, 0.15) is 5.82 Å². The minimum absolute atomic E-state index is 0.150. The van der Waals surface area contributed by atoms with Gasteiger partial charge in [0.05, 0.1) is 17.3 Å². The molecule has 0 aromatic heterocycles. The molecule has 4 nitrogen and oxygen atoms in total. The van der Waals surface area contributed by atoms with Crippen molar-refractivity contribution in [3.63, 3.8) is 0 Å². The normalized spacial score (nSPS) is 15.8. The topological polar surface area (TPSA) is 54.5 Å². The largest absolute Gasteiger partial charge is 0.300 e. The smallest absolute Gasteiger partial charge is 0.297 e. The third-order valence-electron chi connectivity index (χ3n) is 3.08. The van der Waals surface area contributed by atoms with Crippen molar-refractivity contribution in [2.24, 2.45) is 0 Å². The van der Waals surface area contributed by atoms with Gasteiger partial charge in [0, 0.05) is 6.42 Å². The summed E-state index contributed by atoms with van der Waals surface area (Å²) in [7, 11) is 0.